The molecule has 0 heterocycles. The second-order valence-electron chi connectivity index (χ2n) is 6.69. The van der Waals surface area contributed by atoms with Crippen LogP contribution >= 0.6 is 0 Å². The average Bonchev–Trinajstić information content (AvgIpc) is 3.30. The molecule has 1 aliphatic carbocycles. The van der Waals surface area contributed by atoms with E-state index in [4.69, 9.17) is 0 Å². The first-order valence-corrected chi connectivity index (χ1v) is 8.17. The van der Waals surface area contributed by atoms with Crippen molar-refractivity contribution >= 4 is 17.5 Å². The van der Waals surface area contributed by atoms with Gasteiger partial charge in [0.2, 0.25) is 5.91 Å². The summed E-state index contributed by atoms with van der Waals surface area (Å²) in [6.07, 6.45) is 4.06. The van der Waals surface area contributed by atoms with E-state index in [0.29, 0.717) is 11.5 Å². The third-order valence-electron chi connectivity index (χ3n) is 3.92. The fourth-order valence-electron chi connectivity index (χ4n) is 2.26. The van der Waals surface area contributed by atoms with Crippen LogP contribution in [0.5, 0.6) is 0 Å². The largest absolute Gasteiger partial charge is 0.350 e. The predicted molar refractivity (Wildman–Crippen MR) is 88.8 cm³/mol. The summed E-state index contributed by atoms with van der Waals surface area (Å²) in [5, 5.41) is 5.89. The van der Waals surface area contributed by atoms with Crippen molar-refractivity contribution in [1.82, 2.24) is 5.32 Å². The van der Waals surface area contributed by atoms with E-state index in [1.807, 2.05) is 6.92 Å². The van der Waals surface area contributed by atoms with Crippen molar-refractivity contribution in [3.8, 4) is 0 Å². The van der Waals surface area contributed by atoms with E-state index in [2.05, 4.69) is 24.5 Å². The molecule has 22 heavy (non-hydrogen) atoms. The van der Waals surface area contributed by atoms with Crippen molar-refractivity contribution in [3.63, 3.8) is 0 Å². The van der Waals surface area contributed by atoms with Gasteiger partial charge in [0.15, 0.2) is 0 Å². The van der Waals surface area contributed by atoms with Crippen LogP contribution in [0.15, 0.2) is 24.3 Å². The lowest BCUT2D eigenvalue weighted by atomic mass is 10.0. The molecular weight excluding hydrogens is 276 g/mol. The molecule has 1 atom stereocenters. The van der Waals surface area contributed by atoms with Crippen LogP contribution in [-0.4, -0.2) is 17.9 Å². The third-order valence-corrected chi connectivity index (χ3v) is 3.92. The van der Waals surface area contributed by atoms with Gasteiger partial charge in [-0.2, -0.15) is 0 Å². The Morgan fingerprint density at radius 1 is 1.09 bits per heavy atom. The van der Waals surface area contributed by atoms with Crippen LogP contribution in [-0.2, 0) is 4.79 Å². The summed E-state index contributed by atoms with van der Waals surface area (Å²) in [5.41, 5.74) is 1.38. The molecule has 0 bridgehead atoms. The monoisotopic (exact) mass is 302 g/mol. The topological polar surface area (TPSA) is 58.2 Å². The Bertz CT molecular complexity index is 518. The number of benzene rings is 1. The highest BCUT2D eigenvalue weighted by Crippen LogP contribution is 2.30. The SMILES string of the molecule is CC(C)CC[C@@H](C)NC(=O)c1ccc(NC(=O)C2CC2)cc1. The van der Waals surface area contributed by atoms with Gasteiger partial charge in [-0.05, 0) is 62.8 Å². The molecule has 2 N–H and O–H groups in total. The summed E-state index contributed by atoms with van der Waals surface area (Å²) >= 11 is 0. The first-order chi connectivity index (χ1) is 10.5. The van der Waals surface area contributed by atoms with Gasteiger partial charge in [-0.3, -0.25) is 9.59 Å². The first kappa shape index (κ1) is 16.5. The molecule has 4 heteroatoms. The standard InChI is InChI=1S/C18H26N2O2/c1-12(2)4-5-13(3)19-17(21)15-8-10-16(11-9-15)20-18(22)14-6-7-14/h8-14H,4-7H2,1-3H3,(H,19,21)(H,20,22)/t13-/m1/s1. The number of carbonyl (C=O) groups is 2. The van der Waals surface area contributed by atoms with Crippen molar-refractivity contribution in [2.24, 2.45) is 11.8 Å². The Kier molecular flexibility index (Phi) is 5.58. The van der Waals surface area contributed by atoms with Gasteiger partial charge in [-0.15, -0.1) is 0 Å². The quantitative estimate of drug-likeness (QED) is 0.808. The van der Waals surface area contributed by atoms with E-state index in [1.165, 1.54) is 0 Å². The zero-order valence-corrected chi connectivity index (χ0v) is 13.7. The lowest BCUT2D eigenvalue weighted by Gasteiger charge is -2.15. The summed E-state index contributed by atoms with van der Waals surface area (Å²) in [4.78, 5) is 23.8. The van der Waals surface area contributed by atoms with Crippen molar-refractivity contribution < 1.29 is 9.59 Å². The predicted octanol–water partition coefficient (Wildman–Crippen LogP) is 3.59. The minimum atomic E-state index is -0.0590. The molecule has 0 saturated heterocycles. The Morgan fingerprint density at radius 3 is 2.27 bits per heavy atom. The molecule has 1 aromatic carbocycles. The lowest BCUT2D eigenvalue weighted by molar-refractivity contribution is -0.117. The van der Waals surface area contributed by atoms with Crippen LogP contribution in [0.3, 0.4) is 0 Å². The molecule has 2 rings (SSSR count). The van der Waals surface area contributed by atoms with Crippen molar-refractivity contribution in [2.45, 2.75) is 52.5 Å². The highest BCUT2D eigenvalue weighted by molar-refractivity contribution is 5.96. The molecule has 120 valence electrons. The molecule has 0 unspecified atom stereocenters. The van der Waals surface area contributed by atoms with Crippen LogP contribution < -0.4 is 10.6 Å². The van der Waals surface area contributed by atoms with Gasteiger partial charge in [0, 0.05) is 23.2 Å². The molecule has 0 spiro atoms. The van der Waals surface area contributed by atoms with Gasteiger partial charge in [-0.25, -0.2) is 0 Å². The Hall–Kier alpha value is -1.84. The fourth-order valence-corrected chi connectivity index (χ4v) is 2.26. The molecule has 0 radical (unpaired) electrons. The summed E-state index contributed by atoms with van der Waals surface area (Å²) in [6, 6.07) is 7.26. The molecule has 4 nitrogen and oxygen atoms in total. The van der Waals surface area contributed by atoms with Gasteiger partial charge in [0.25, 0.3) is 5.91 Å². The molecular formula is C18H26N2O2. The van der Waals surface area contributed by atoms with Crippen molar-refractivity contribution in [3.05, 3.63) is 29.8 Å². The van der Waals surface area contributed by atoms with E-state index in [-0.39, 0.29) is 23.8 Å². The van der Waals surface area contributed by atoms with Gasteiger partial charge in [0.1, 0.15) is 0 Å². The zero-order valence-electron chi connectivity index (χ0n) is 13.7. The fraction of sp³-hybridized carbons (Fsp3) is 0.556. The molecule has 1 fully saturated rings. The summed E-state index contributed by atoms with van der Waals surface area (Å²) < 4.78 is 0. The summed E-state index contributed by atoms with van der Waals surface area (Å²) in [6.45, 7) is 6.40. The van der Waals surface area contributed by atoms with Gasteiger partial charge < -0.3 is 10.6 Å². The molecule has 1 aromatic rings. The maximum atomic E-state index is 12.2. The van der Waals surface area contributed by atoms with E-state index >= 15 is 0 Å². The summed E-state index contributed by atoms with van der Waals surface area (Å²) in [5.74, 6) is 0.856. The first-order valence-electron chi connectivity index (χ1n) is 8.17. The highest BCUT2D eigenvalue weighted by Gasteiger charge is 2.29. The smallest absolute Gasteiger partial charge is 0.251 e. The van der Waals surface area contributed by atoms with E-state index in [9.17, 15) is 9.59 Å². The maximum Gasteiger partial charge on any atom is 0.251 e. The molecule has 0 aliphatic heterocycles. The third kappa shape index (κ3) is 5.17. The van der Waals surface area contributed by atoms with Gasteiger partial charge >= 0.3 is 0 Å². The van der Waals surface area contributed by atoms with Gasteiger partial charge in [-0.1, -0.05) is 13.8 Å². The minimum absolute atomic E-state index is 0.0590. The summed E-state index contributed by atoms with van der Waals surface area (Å²) in [7, 11) is 0. The average molecular weight is 302 g/mol. The number of rotatable bonds is 7. The normalized spacial score (nSPS) is 15.5. The number of hydrogen-bond acceptors (Lipinski definition) is 2. The second kappa shape index (κ2) is 7.43. The van der Waals surface area contributed by atoms with E-state index < -0.39 is 0 Å². The van der Waals surface area contributed by atoms with Crippen LogP contribution in [0, 0.1) is 11.8 Å². The number of nitrogens with one attached hydrogen (secondary N) is 2. The van der Waals surface area contributed by atoms with Crippen LogP contribution in [0.1, 0.15) is 56.8 Å². The van der Waals surface area contributed by atoms with Crippen LogP contribution in [0.4, 0.5) is 5.69 Å². The van der Waals surface area contributed by atoms with Gasteiger partial charge in [0.05, 0.1) is 0 Å². The van der Waals surface area contributed by atoms with Crippen LogP contribution in [0.25, 0.3) is 0 Å². The van der Waals surface area contributed by atoms with E-state index in [0.717, 1.165) is 31.4 Å². The van der Waals surface area contributed by atoms with Crippen molar-refractivity contribution in [2.75, 3.05) is 5.32 Å². The Labute approximate surface area is 132 Å². The minimum Gasteiger partial charge on any atom is -0.350 e. The number of anilines is 1. The number of hydrogen-bond donors (Lipinski definition) is 2. The second-order valence-corrected chi connectivity index (χ2v) is 6.69. The Morgan fingerprint density at radius 2 is 1.73 bits per heavy atom. The highest BCUT2D eigenvalue weighted by atomic mass is 16.2. The molecule has 1 aliphatic rings. The number of amides is 2. The van der Waals surface area contributed by atoms with E-state index in [1.54, 1.807) is 24.3 Å². The molecule has 0 aromatic heterocycles. The Balaban J connectivity index is 1.83. The number of carbonyl (C=O) groups excluding carboxylic acids is 2. The molecule has 1 saturated carbocycles. The van der Waals surface area contributed by atoms with Crippen LogP contribution in [0.2, 0.25) is 0 Å². The maximum absolute atomic E-state index is 12.2. The molecule has 2 amide bonds. The zero-order chi connectivity index (χ0) is 16.1. The lowest BCUT2D eigenvalue weighted by Crippen LogP contribution is -2.32. The van der Waals surface area contributed by atoms with Crippen molar-refractivity contribution in [1.29, 1.82) is 0 Å².